The van der Waals surface area contributed by atoms with Gasteiger partial charge in [-0.3, -0.25) is 9.59 Å². The zero-order valence-electron chi connectivity index (χ0n) is 11.2. The lowest BCUT2D eigenvalue weighted by molar-refractivity contribution is -0.139. The quantitative estimate of drug-likeness (QED) is 0.786. The highest BCUT2D eigenvalue weighted by molar-refractivity contribution is 7.91. The molecule has 1 rings (SSSR count). The monoisotopic (exact) mass is 300 g/mol. The molecule has 0 aliphatic rings. The predicted octanol–water partition coefficient (Wildman–Crippen LogP) is 0.963. The highest BCUT2D eigenvalue weighted by atomic mass is 32.2. The molecule has 0 amide bonds. The number of methoxy groups -OCH3 is 1. The summed E-state index contributed by atoms with van der Waals surface area (Å²) in [5, 5.41) is 8.87. The predicted molar refractivity (Wildman–Crippen MR) is 72.0 cm³/mol. The van der Waals surface area contributed by atoms with E-state index in [2.05, 4.69) is 4.74 Å². The Morgan fingerprint density at radius 3 is 2.25 bits per heavy atom. The zero-order chi connectivity index (χ0) is 15.3. The maximum absolute atomic E-state index is 11.7. The third-order valence-electron chi connectivity index (χ3n) is 2.80. The molecule has 0 aliphatic heterocycles. The summed E-state index contributed by atoms with van der Waals surface area (Å²) in [4.78, 5) is 21.8. The van der Waals surface area contributed by atoms with E-state index in [0.29, 0.717) is 11.1 Å². The second kappa shape index (κ2) is 6.51. The van der Waals surface area contributed by atoms with Gasteiger partial charge in [-0.2, -0.15) is 0 Å². The molecule has 0 saturated heterocycles. The van der Waals surface area contributed by atoms with Gasteiger partial charge in [0.25, 0.3) is 0 Å². The van der Waals surface area contributed by atoms with Crippen LogP contribution in [-0.2, 0) is 29.9 Å². The van der Waals surface area contributed by atoms with Crippen LogP contribution in [0, 0.1) is 0 Å². The van der Waals surface area contributed by atoms with Crippen molar-refractivity contribution in [1.82, 2.24) is 0 Å². The van der Waals surface area contributed by atoms with Crippen LogP contribution in [0.5, 0.6) is 0 Å². The Hall–Kier alpha value is -1.89. The summed E-state index contributed by atoms with van der Waals surface area (Å²) < 4.78 is 27.7. The summed E-state index contributed by atoms with van der Waals surface area (Å²) in [7, 11) is -2.46. The fourth-order valence-electron chi connectivity index (χ4n) is 1.59. The molecule has 0 aromatic heterocycles. The van der Waals surface area contributed by atoms with E-state index in [4.69, 9.17) is 5.11 Å². The first kappa shape index (κ1) is 16.2. The van der Waals surface area contributed by atoms with E-state index >= 15 is 0 Å². The van der Waals surface area contributed by atoms with E-state index in [1.807, 2.05) is 0 Å². The normalized spacial score (nSPS) is 12.7. The summed E-state index contributed by atoms with van der Waals surface area (Å²) in [6.45, 7) is 1.55. The Bertz CT molecular complexity index is 588. The molecule has 1 atom stereocenters. The molecule has 0 bridgehead atoms. The number of carbonyl (C=O) groups is 2. The number of carbonyl (C=O) groups excluding carboxylic acids is 1. The van der Waals surface area contributed by atoms with E-state index in [0.717, 1.165) is 7.11 Å². The van der Waals surface area contributed by atoms with Crippen LogP contribution in [-0.4, -0.2) is 38.3 Å². The number of carboxylic acids is 1. The molecule has 6 nitrogen and oxygen atoms in total. The van der Waals surface area contributed by atoms with Gasteiger partial charge in [0.2, 0.25) is 0 Å². The molecule has 20 heavy (non-hydrogen) atoms. The van der Waals surface area contributed by atoms with Crippen LogP contribution in [0.15, 0.2) is 24.3 Å². The van der Waals surface area contributed by atoms with Crippen LogP contribution in [0.3, 0.4) is 0 Å². The van der Waals surface area contributed by atoms with Gasteiger partial charge in [-0.1, -0.05) is 24.3 Å². The number of esters is 1. The fourth-order valence-corrected chi connectivity index (χ4v) is 2.87. The number of benzene rings is 1. The molecule has 110 valence electrons. The Kier molecular flexibility index (Phi) is 5.26. The molecular weight excluding hydrogens is 284 g/mol. The van der Waals surface area contributed by atoms with Gasteiger partial charge in [0.1, 0.15) is 5.75 Å². The van der Waals surface area contributed by atoms with Gasteiger partial charge in [0.15, 0.2) is 9.84 Å². The Morgan fingerprint density at radius 1 is 1.25 bits per heavy atom. The van der Waals surface area contributed by atoms with Crippen LogP contribution in [0.4, 0.5) is 0 Å². The first-order chi connectivity index (χ1) is 9.25. The zero-order valence-corrected chi connectivity index (χ0v) is 12.0. The Balaban J connectivity index is 2.80. The van der Waals surface area contributed by atoms with Crippen molar-refractivity contribution in [1.29, 1.82) is 0 Å². The minimum atomic E-state index is -3.59. The van der Waals surface area contributed by atoms with Gasteiger partial charge >= 0.3 is 11.9 Å². The molecule has 0 fully saturated rings. The first-order valence-electron chi connectivity index (χ1n) is 5.84. The second-order valence-corrected chi connectivity index (χ2v) is 6.47. The van der Waals surface area contributed by atoms with Crippen molar-refractivity contribution in [3.63, 3.8) is 0 Å². The van der Waals surface area contributed by atoms with Crippen LogP contribution >= 0.6 is 0 Å². The lowest BCUT2D eigenvalue weighted by atomic mass is 10.0. The molecule has 0 saturated carbocycles. The Labute approximate surface area is 117 Å². The van der Waals surface area contributed by atoms with Crippen LogP contribution in [0.1, 0.15) is 24.0 Å². The number of hydrogen-bond donors (Lipinski definition) is 1. The average Bonchev–Trinajstić information content (AvgIpc) is 2.37. The smallest absolute Gasteiger partial charge is 0.320 e. The highest BCUT2D eigenvalue weighted by Crippen LogP contribution is 2.17. The van der Waals surface area contributed by atoms with Gasteiger partial charge in [0.05, 0.1) is 18.8 Å². The van der Waals surface area contributed by atoms with Crippen molar-refractivity contribution in [2.75, 3.05) is 12.9 Å². The summed E-state index contributed by atoms with van der Waals surface area (Å²) in [5.74, 6) is -3.37. The molecule has 0 spiro atoms. The maximum atomic E-state index is 11.7. The topological polar surface area (TPSA) is 97.7 Å². The molecular formula is C13H16O6S. The first-order valence-corrected chi connectivity index (χ1v) is 7.66. The molecule has 1 aromatic carbocycles. The van der Waals surface area contributed by atoms with Crippen molar-refractivity contribution in [2.45, 2.75) is 18.6 Å². The number of rotatable bonds is 6. The summed E-state index contributed by atoms with van der Waals surface area (Å²) >= 11 is 0. The third-order valence-corrected chi connectivity index (χ3v) is 4.25. The summed E-state index contributed by atoms with van der Waals surface area (Å²) in [6, 6.07) is 6.23. The van der Waals surface area contributed by atoms with Crippen molar-refractivity contribution in [3.05, 3.63) is 35.4 Å². The molecule has 1 N–H and O–H groups in total. The largest absolute Gasteiger partial charge is 0.481 e. The standard InChI is InChI=1S/C13H16O6S/c1-9(13(15)16)11-5-3-10(4-6-11)7-20(17,18)8-12(14)19-2/h3-6,9H,7-8H2,1-2H3,(H,15,16). The maximum Gasteiger partial charge on any atom is 0.320 e. The summed E-state index contributed by atoms with van der Waals surface area (Å²) in [6.07, 6.45) is 0. The lowest BCUT2D eigenvalue weighted by Gasteiger charge is -2.08. The lowest BCUT2D eigenvalue weighted by Crippen LogP contribution is -2.18. The van der Waals surface area contributed by atoms with Crippen molar-refractivity contribution in [3.8, 4) is 0 Å². The number of carboxylic acid groups (broad SMARTS) is 1. The second-order valence-electron chi connectivity index (χ2n) is 4.41. The molecule has 0 heterocycles. The highest BCUT2D eigenvalue weighted by Gasteiger charge is 2.18. The van der Waals surface area contributed by atoms with Crippen LogP contribution in [0.2, 0.25) is 0 Å². The van der Waals surface area contributed by atoms with Crippen LogP contribution in [0.25, 0.3) is 0 Å². The number of sulfone groups is 1. The molecule has 7 heteroatoms. The van der Waals surface area contributed by atoms with E-state index in [-0.39, 0.29) is 5.75 Å². The van der Waals surface area contributed by atoms with Gasteiger partial charge in [0, 0.05) is 0 Å². The Morgan fingerprint density at radius 2 is 1.80 bits per heavy atom. The number of aliphatic carboxylic acids is 1. The average molecular weight is 300 g/mol. The van der Waals surface area contributed by atoms with Gasteiger partial charge in [-0.05, 0) is 18.1 Å². The molecule has 0 aliphatic carbocycles. The van der Waals surface area contributed by atoms with Gasteiger partial charge in [-0.15, -0.1) is 0 Å². The van der Waals surface area contributed by atoms with E-state index in [9.17, 15) is 18.0 Å². The van der Waals surface area contributed by atoms with E-state index in [1.54, 1.807) is 31.2 Å². The van der Waals surface area contributed by atoms with E-state index in [1.165, 1.54) is 0 Å². The van der Waals surface area contributed by atoms with Crippen molar-refractivity contribution in [2.24, 2.45) is 0 Å². The van der Waals surface area contributed by atoms with E-state index < -0.39 is 33.4 Å². The van der Waals surface area contributed by atoms with Crippen LogP contribution < -0.4 is 0 Å². The fraction of sp³-hybridized carbons (Fsp3) is 0.385. The van der Waals surface area contributed by atoms with Gasteiger partial charge < -0.3 is 9.84 Å². The van der Waals surface area contributed by atoms with Gasteiger partial charge in [-0.25, -0.2) is 8.42 Å². The molecule has 1 unspecified atom stereocenters. The van der Waals surface area contributed by atoms with Crippen molar-refractivity contribution >= 4 is 21.8 Å². The third kappa shape index (κ3) is 4.65. The molecule has 1 aromatic rings. The minimum absolute atomic E-state index is 0.288. The molecule has 0 radical (unpaired) electrons. The SMILES string of the molecule is COC(=O)CS(=O)(=O)Cc1ccc(C(C)C(=O)O)cc1. The summed E-state index contributed by atoms with van der Waals surface area (Å²) in [5.41, 5.74) is 1.09. The van der Waals surface area contributed by atoms with Crippen molar-refractivity contribution < 1.29 is 27.9 Å². The number of ether oxygens (including phenoxy) is 1. The number of hydrogen-bond acceptors (Lipinski definition) is 5. The minimum Gasteiger partial charge on any atom is -0.481 e.